The van der Waals surface area contributed by atoms with Gasteiger partial charge < -0.3 is 10.6 Å². The van der Waals surface area contributed by atoms with Crippen molar-refractivity contribution in [3.05, 3.63) is 228 Å². The number of rotatable bonds is 6. The number of benzene rings is 9. The van der Waals surface area contributed by atoms with Crippen LogP contribution in [0.25, 0.3) is 82.8 Å². The van der Waals surface area contributed by atoms with Gasteiger partial charge in [-0.25, -0.2) is 9.98 Å². The maximum atomic E-state index is 5.39. The minimum atomic E-state index is -0.325. The van der Waals surface area contributed by atoms with E-state index in [0.717, 1.165) is 68.1 Å². The number of para-hydroxylation sites is 1. The lowest BCUT2D eigenvalue weighted by Crippen LogP contribution is -2.44. The third kappa shape index (κ3) is 6.30. The van der Waals surface area contributed by atoms with E-state index >= 15 is 0 Å². The number of fused-ring (bicyclic) bond motifs is 9. The first kappa shape index (κ1) is 36.0. The fraction of sp³-hybridized carbons (Fsp3) is 0.0526. The summed E-state index contributed by atoms with van der Waals surface area (Å²) in [6.45, 7) is 0.738. The van der Waals surface area contributed by atoms with Crippen LogP contribution in [0.5, 0.6) is 0 Å². The molecule has 10 aromatic rings. The second-order valence-electron chi connectivity index (χ2n) is 16.3. The maximum absolute atomic E-state index is 5.39. The molecular formula is C57H41N5. The van der Waals surface area contributed by atoms with Crippen molar-refractivity contribution >= 4 is 55.1 Å². The Kier molecular flexibility index (Phi) is 8.72. The molecule has 5 heteroatoms. The van der Waals surface area contributed by atoms with Gasteiger partial charge in [0.1, 0.15) is 18.2 Å². The molecule has 12 rings (SSSR count). The van der Waals surface area contributed by atoms with Crippen LogP contribution in [0, 0.1) is 0 Å². The van der Waals surface area contributed by atoms with Gasteiger partial charge in [0.2, 0.25) is 0 Å². The summed E-state index contributed by atoms with van der Waals surface area (Å²) < 4.78 is 0. The smallest absolute Gasteiger partial charge is 0.131 e. The van der Waals surface area contributed by atoms with E-state index in [1.165, 1.54) is 48.8 Å². The number of hydrogen-bond donors (Lipinski definition) is 3. The van der Waals surface area contributed by atoms with Gasteiger partial charge in [0.25, 0.3) is 0 Å². The van der Waals surface area contributed by atoms with Gasteiger partial charge in [-0.3, -0.25) is 5.32 Å². The highest BCUT2D eigenvalue weighted by Gasteiger charge is 2.26. The quantitative estimate of drug-likeness (QED) is 0.147. The average molecular weight is 796 g/mol. The summed E-state index contributed by atoms with van der Waals surface area (Å²) in [5.41, 5.74) is 13.4. The molecule has 1 aromatic heterocycles. The molecule has 3 N–H and O–H groups in total. The Morgan fingerprint density at radius 2 is 1.02 bits per heavy atom. The lowest BCUT2D eigenvalue weighted by molar-refractivity contribution is 0.409. The van der Waals surface area contributed by atoms with Crippen molar-refractivity contribution in [3.63, 3.8) is 0 Å². The van der Waals surface area contributed by atoms with E-state index < -0.39 is 0 Å². The third-order valence-electron chi connectivity index (χ3n) is 12.6. The van der Waals surface area contributed by atoms with Gasteiger partial charge in [0.05, 0.1) is 11.2 Å². The molecule has 62 heavy (non-hydrogen) atoms. The molecule has 5 nitrogen and oxygen atoms in total. The monoisotopic (exact) mass is 795 g/mol. The van der Waals surface area contributed by atoms with E-state index in [9.17, 15) is 0 Å². The molecular weight excluding hydrogens is 755 g/mol. The molecule has 2 atom stereocenters. The predicted molar refractivity (Wildman–Crippen MR) is 258 cm³/mol. The number of hydrogen-bond acceptors (Lipinski definition) is 5. The number of pyridine rings is 1. The van der Waals surface area contributed by atoms with Gasteiger partial charge in [0, 0.05) is 28.6 Å². The summed E-state index contributed by atoms with van der Waals surface area (Å²) in [4.78, 5) is 10.6. The lowest BCUT2D eigenvalue weighted by atomic mass is 9.90. The van der Waals surface area contributed by atoms with E-state index in [1.54, 1.807) is 0 Å². The van der Waals surface area contributed by atoms with Crippen LogP contribution in [0.15, 0.2) is 205 Å². The molecule has 0 fully saturated rings. The van der Waals surface area contributed by atoms with Crippen LogP contribution >= 0.6 is 0 Å². The molecule has 2 unspecified atom stereocenters. The Morgan fingerprint density at radius 1 is 0.435 bits per heavy atom. The SMILES string of the molecule is C1=Cc2c(c(-c3ccc(-c4cc(-c5ccc6c7ccccc7c7ccccc7c6c5)cc(C5N=C(c6ccccc6)NC(c6ccccc6)N5)c4)cc3)nc3ccccc23)CN1. The van der Waals surface area contributed by atoms with Crippen molar-refractivity contribution < 1.29 is 0 Å². The Morgan fingerprint density at radius 3 is 1.74 bits per heavy atom. The van der Waals surface area contributed by atoms with Crippen molar-refractivity contribution in [1.29, 1.82) is 0 Å². The Balaban J connectivity index is 1.03. The molecule has 0 saturated carbocycles. The Hall–Kier alpha value is -7.86. The number of aliphatic imine (C=N–C) groups is 1. The standard InChI is InChI=1S/C57H41N5/c1-3-13-38(14-4-1)55-60-56(39-15-5-2-6-16-39)62-57(61-55)43-32-41(36-23-25-37(26-24-36)54-52-35-58-30-29-49(52)50-21-11-12-22-53(50)59-54)31-42(33-43)40-27-28-48-46-19-8-7-17-44(46)45-18-9-10-20-47(45)51(48)34-40/h1-34,55,57-58,61H,35H2,(H,60,62). The summed E-state index contributed by atoms with van der Waals surface area (Å²) in [5.74, 6) is 0.860. The molecule has 2 aliphatic heterocycles. The molecule has 9 aromatic carbocycles. The van der Waals surface area contributed by atoms with Crippen LogP contribution in [0.4, 0.5) is 0 Å². The number of amidine groups is 1. The highest BCUT2D eigenvalue weighted by molar-refractivity contribution is 6.25. The van der Waals surface area contributed by atoms with Gasteiger partial charge in [-0.15, -0.1) is 0 Å². The molecule has 2 aliphatic rings. The summed E-state index contributed by atoms with van der Waals surface area (Å²) in [7, 11) is 0. The van der Waals surface area contributed by atoms with Gasteiger partial charge in [-0.05, 0) is 114 Å². The minimum Gasteiger partial charge on any atom is -0.387 e. The zero-order valence-corrected chi connectivity index (χ0v) is 33.9. The largest absolute Gasteiger partial charge is 0.387 e. The lowest BCUT2D eigenvalue weighted by Gasteiger charge is -2.32. The highest BCUT2D eigenvalue weighted by Crippen LogP contribution is 2.40. The maximum Gasteiger partial charge on any atom is 0.131 e. The second kappa shape index (κ2) is 15.0. The van der Waals surface area contributed by atoms with Gasteiger partial charge in [-0.2, -0.15) is 0 Å². The average Bonchev–Trinajstić information content (AvgIpc) is 3.36. The van der Waals surface area contributed by atoms with Crippen LogP contribution in [-0.2, 0) is 6.54 Å². The molecule has 0 radical (unpaired) electrons. The van der Waals surface area contributed by atoms with Gasteiger partial charge >= 0.3 is 0 Å². The molecule has 3 heterocycles. The van der Waals surface area contributed by atoms with Crippen molar-refractivity contribution in [3.8, 4) is 33.5 Å². The molecule has 0 amide bonds. The fourth-order valence-electron chi connectivity index (χ4n) is 9.53. The van der Waals surface area contributed by atoms with E-state index in [4.69, 9.17) is 9.98 Å². The number of aromatic nitrogens is 1. The van der Waals surface area contributed by atoms with Crippen LogP contribution in [-0.4, -0.2) is 10.8 Å². The van der Waals surface area contributed by atoms with Crippen molar-refractivity contribution in [1.82, 2.24) is 20.9 Å². The summed E-state index contributed by atoms with van der Waals surface area (Å²) >= 11 is 0. The second-order valence-corrected chi connectivity index (χ2v) is 16.3. The zero-order valence-electron chi connectivity index (χ0n) is 33.9. The summed E-state index contributed by atoms with van der Waals surface area (Å²) in [6, 6.07) is 69.9. The third-order valence-corrected chi connectivity index (χ3v) is 12.6. The number of nitrogens with zero attached hydrogens (tertiary/aromatic N) is 2. The zero-order chi connectivity index (χ0) is 41.0. The van der Waals surface area contributed by atoms with E-state index in [1.807, 2.05) is 12.3 Å². The van der Waals surface area contributed by atoms with Crippen molar-refractivity contribution in [2.75, 3.05) is 0 Å². The topological polar surface area (TPSA) is 61.3 Å². The van der Waals surface area contributed by atoms with Crippen molar-refractivity contribution in [2.45, 2.75) is 18.9 Å². The molecule has 0 saturated heterocycles. The van der Waals surface area contributed by atoms with Gasteiger partial charge in [-0.1, -0.05) is 164 Å². The molecule has 0 bridgehead atoms. The Bertz CT molecular complexity index is 3370. The van der Waals surface area contributed by atoms with Crippen molar-refractivity contribution in [2.24, 2.45) is 4.99 Å². The fourth-order valence-corrected chi connectivity index (χ4v) is 9.53. The van der Waals surface area contributed by atoms with Crippen LogP contribution in [0.2, 0.25) is 0 Å². The minimum absolute atomic E-state index is 0.148. The number of nitrogens with one attached hydrogen (secondary N) is 3. The van der Waals surface area contributed by atoms with Crippen LogP contribution < -0.4 is 16.0 Å². The Labute approximate surface area is 360 Å². The molecule has 294 valence electrons. The summed E-state index contributed by atoms with van der Waals surface area (Å²) in [5, 5.41) is 19.8. The predicted octanol–water partition coefficient (Wildman–Crippen LogP) is 13.1. The molecule has 0 aliphatic carbocycles. The van der Waals surface area contributed by atoms with Crippen LogP contribution in [0.3, 0.4) is 0 Å². The first-order valence-electron chi connectivity index (χ1n) is 21.3. The highest BCUT2D eigenvalue weighted by atomic mass is 15.3. The van der Waals surface area contributed by atoms with Gasteiger partial charge in [0.15, 0.2) is 0 Å². The first-order chi connectivity index (χ1) is 30.7. The van der Waals surface area contributed by atoms with E-state index in [0.29, 0.717) is 0 Å². The summed E-state index contributed by atoms with van der Waals surface area (Å²) in [6.07, 6.45) is 3.74. The van der Waals surface area contributed by atoms with E-state index in [-0.39, 0.29) is 12.3 Å². The first-order valence-corrected chi connectivity index (χ1v) is 21.3. The van der Waals surface area contributed by atoms with Crippen LogP contribution in [0.1, 0.15) is 40.1 Å². The molecule has 0 spiro atoms. The van der Waals surface area contributed by atoms with E-state index in [2.05, 4.69) is 210 Å². The normalized spacial score (nSPS) is 15.9.